The quantitative estimate of drug-likeness (QED) is 0.268. The maximum absolute atomic E-state index is 13.3. The number of amides is 3. The van der Waals surface area contributed by atoms with Crippen LogP contribution in [0.2, 0.25) is 5.15 Å². The smallest absolute Gasteiger partial charge is 0.269 e. The molecule has 0 aliphatic heterocycles. The fraction of sp³-hybridized carbons (Fsp3) is 0.250. The van der Waals surface area contributed by atoms with Crippen LogP contribution in [0.3, 0.4) is 0 Å². The van der Waals surface area contributed by atoms with E-state index in [9.17, 15) is 19.2 Å². The van der Waals surface area contributed by atoms with Crippen LogP contribution in [0.25, 0.3) is 10.9 Å². The lowest BCUT2D eigenvalue weighted by Crippen LogP contribution is -2.41. The van der Waals surface area contributed by atoms with E-state index in [0.29, 0.717) is 28.0 Å². The molecular weight excluding hydrogens is 534 g/mol. The normalized spacial score (nSPS) is 12.7. The first-order chi connectivity index (χ1) is 19.3. The van der Waals surface area contributed by atoms with Gasteiger partial charge < -0.3 is 16.0 Å². The van der Waals surface area contributed by atoms with E-state index in [1.807, 2.05) is 6.07 Å². The predicted octanol–water partition coefficient (Wildman–Crippen LogP) is 2.56. The Hall–Kier alpha value is -4.64. The van der Waals surface area contributed by atoms with Gasteiger partial charge in [-0.25, -0.2) is 4.98 Å². The maximum atomic E-state index is 13.3. The van der Waals surface area contributed by atoms with E-state index in [4.69, 9.17) is 17.3 Å². The van der Waals surface area contributed by atoms with Crippen molar-refractivity contribution in [2.24, 2.45) is 5.73 Å². The minimum atomic E-state index is -0.749. The van der Waals surface area contributed by atoms with E-state index in [1.165, 1.54) is 9.58 Å². The summed E-state index contributed by atoms with van der Waals surface area (Å²) in [5, 5.41) is 7.66. The van der Waals surface area contributed by atoms with Gasteiger partial charge >= 0.3 is 0 Å². The molecule has 1 saturated carbocycles. The Morgan fingerprint density at radius 3 is 2.58 bits per heavy atom. The van der Waals surface area contributed by atoms with Crippen LogP contribution in [0.15, 0.2) is 60.8 Å². The van der Waals surface area contributed by atoms with E-state index in [-0.39, 0.29) is 54.5 Å². The average Bonchev–Trinajstić information content (AvgIpc) is 3.69. The Kier molecular flexibility index (Phi) is 7.83. The van der Waals surface area contributed by atoms with Crippen molar-refractivity contribution in [3.8, 4) is 0 Å². The topological polar surface area (TPSA) is 153 Å². The van der Waals surface area contributed by atoms with Crippen molar-refractivity contribution in [3.05, 3.63) is 82.9 Å². The zero-order chi connectivity index (χ0) is 28.2. The highest BCUT2D eigenvalue weighted by molar-refractivity contribution is 6.29. The number of fused-ring (bicyclic) bond motifs is 1. The minimum absolute atomic E-state index is 0.00423. The van der Waals surface area contributed by atoms with Crippen LogP contribution in [0.5, 0.6) is 0 Å². The van der Waals surface area contributed by atoms with Gasteiger partial charge in [-0.05, 0) is 54.8 Å². The lowest BCUT2D eigenvalue weighted by atomic mass is 10.0. The van der Waals surface area contributed by atoms with Crippen LogP contribution in [0, 0.1) is 0 Å². The zero-order valence-corrected chi connectivity index (χ0v) is 22.2. The summed E-state index contributed by atoms with van der Waals surface area (Å²) in [5.74, 6) is -1.22. The highest BCUT2D eigenvalue weighted by atomic mass is 35.5. The molecule has 204 valence electrons. The molecule has 12 heteroatoms. The van der Waals surface area contributed by atoms with Crippen LogP contribution < -0.4 is 11.1 Å². The zero-order valence-electron chi connectivity index (χ0n) is 21.4. The van der Waals surface area contributed by atoms with E-state index < -0.39 is 11.8 Å². The molecule has 3 N–H and O–H groups in total. The van der Waals surface area contributed by atoms with Crippen molar-refractivity contribution >= 4 is 51.8 Å². The summed E-state index contributed by atoms with van der Waals surface area (Å²) >= 11 is 5.89. The molecule has 0 saturated heterocycles. The van der Waals surface area contributed by atoms with Gasteiger partial charge in [-0.1, -0.05) is 29.8 Å². The van der Waals surface area contributed by atoms with Crippen LogP contribution in [0.4, 0.5) is 5.82 Å². The van der Waals surface area contributed by atoms with E-state index in [2.05, 4.69) is 20.4 Å². The number of hydrogen-bond acceptors (Lipinski definition) is 7. The summed E-state index contributed by atoms with van der Waals surface area (Å²) in [4.78, 5) is 60.5. The van der Waals surface area contributed by atoms with Crippen molar-refractivity contribution < 1.29 is 19.2 Å². The molecule has 40 heavy (non-hydrogen) atoms. The predicted molar refractivity (Wildman–Crippen MR) is 148 cm³/mol. The number of aromatic nitrogens is 4. The number of carbonyl (C=O) groups excluding carboxylic acids is 4. The number of hydrogen-bond donors (Lipinski definition) is 2. The molecule has 3 aromatic heterocycles. The first-order valence-corrected chi connectivity index (χ1v) is 13.1. The van der Waals surface area contributed by atoms with Crippen molar-refractivity contribution in [3.63, 3.8) is 0 Å². The van der Waals surface area contributed by atoms with Crippen LogP contribution in [0.1, 0.15) is 34.6 Å². The van der Waals surface area contributed by atoms with Gasteiger partial charge in [0.15, 0.2) is 5.69 Å². The van der Waals surface area contributed by atoms with Crippen LogP contribution in [-0.2, 0) is 33.8 Å². The lowest BCUT2D eigenvalue weighted by molar-refractivity contribution is -0.135. The Labute approximate surface area is 234 Å². The number of halogens is 1. The summed E-state index contributed by atoms with van der Waals surface area (Å²) in [7, 11) is 0. The number of rotatable bonds is 11. The molecule has 1 aliphatic carbocycles. The number of nitrogens with two attached hydrogens (primary N) is 1. The molecule has 5 rings (SSSR count). The summed E-state index contributed by atoms with van der Waals surface area (Å²) in [6, 6.07) is 15.4. The fourth-order valence-electron chi connectivity index (χ4n) is 4.47. The monoisotopic (exact) mass is 559 g/mol. The van der Waals surface area contributed by atoms with Gasteiger partial charge in [-0.2, -0.15) is 5.10 Å². The Morgan fingerprint density at radius 2 is 1.88 bits per heavy atom. The minimum Gasteiger partial charge on any atom is -0.364 e. The molecule has 3 amide bonds. The van der Waals surface area contributed by atoms with Gasteiger partial charge in [0, 0.05) is 36.2 Å². The first kappa shape index (κ1) is 26.9. The molecule has 0 unspecified atom stereocenters. The third kappa shape index (κ3) is 6.49. The lowest BCUT2D eigenvalue weighted by Gasteiger charge is -2.22. The molecule has 1 aliphatic rings. The third-order valence-electron chi connectivity index (χ3n) is 6.44. The molecule has 1 aromatic carbocycles. The summed E-state index contributed by atoms with van der Waals surface area (Å²) in [6.07, 6.45) is 3.54. The molecule has 3 heterocycles. The summed E-state index contributed by atoms with van der Waals surface area (Å²) in [5.41, 5.74) is 7.48. The molecule has 4 aromatic rings. The van der Waals surface area contributed by atoms with Crippen molar-refractivity contribution in [1.82, 2.24) is 24.6 Å². The van der Waals surface area contributed by atoms with Gasteiger partial charge in [-0.15, -0.1) is 0 Å². The van der Waals surface area contributed by atoms with Gasteiger partial charge in [0.25, 0.3) is 5.91 Å². The van der Waals surface area contributed by atoms with Crippen LogP contribution in [-0.4, -0.2) is 60.7 Å². The number of benzene rings is 1. The second kappa shape index (κ2) is 11.6. The number of pyridine rings is 2. The molecule has 0 spiro atoms. The fourth-order valence-corrected chi connectivity index (χ4v) is 4.64. The standard InChI is InChI=1S/C28H26ClN7O4/c29-23-5-3-6-24(32-23)33-25(38)15-35(19-8-9-19)26(39)16-36-22-10-7-17(13-21(22)27(34-36)28(30)40)12-20(37)14-18-4-1-2-11-31-18/h1-7,10-11,13,19H,8-9,12,14-16H2,(H2,30,40)(H,32,33,38). The molecular formula is C28H26ClN7O4. The van der Waals surface area contributed by atoms with Crippen molar-refractivity contribution in [2.75, 3.05) is 11.9 Å². The number of Topliss-reactive ketones (excluding diaryl/α,β-unsaturated/α-hetero) is 1. The van der Waals surface area contributed by atoms with Gasteiger partial charge in [0.2, 0.25) is 11.8 Å². The summed E-state index contributed by atoms with van der Waals surface area (Å²) < 4.78 is 1.41. The third-order valence-corrected chi connectivity index (χ3v) is 6.65. The molecule has 1 fully saturated rings. The molecule has 0 bridgehead atoms. The first-order valence-electron chi connectivity index (χ1n) is 12.7. The Balaban J connectivity index is 1.31. The van der Waals surface area contributed by atoms with Gasteiger partial charge in [-0.3, -0.25) is 28.8 Å². The second-order valence-corrected chi connectivity index (χ2v) is 9.97. The summed E-state index contributed by atoms with van der Waals surface area (Å²) in [6.45, 7) is -0.358. The molecule has 0 radical (unpaired) electrons. The van der Waals surface area contributed by atoms with E-state index in [0.717, 1.165) is 12.8 Å². The SMILES string of the molecule is NC(=O)c1nn(CC(=O)N(CC(=O)Nc2cccc(Cl)n2)C2CC2)c2ccc(CC(=O)Cc3ccccn3)cc12. The second-order valence-electron chi connectivity index (χ2n) is 9.58. The maximum Gasteiger partial charge on any atom is 0.269 e. The number of nitrogens with zero attached hydrogens (tertiary/aromatic N) is 5. The number of primary amides is 1. The molecule has 0 atom stereocenters. The highest BCUT2D eigenvalue weighted by Gasteiger charge is 2.34. The largest absolute Gasteiger partial charge is 0.364 e. The van der Waals surface area contributed by atoms with Crippen molar-refractivity contribution in [2.45, 2.75) is 38.3 Å². The highest BCUT2D eigenvalue weighted by Crippen LogP contribution is 2.28. The Morgan fingerprint density at radius 1 is 1.05 bits per heavy atom. The van der Waals surface area contributed by atoms with E-state index >= 15 is 0 Å². The van der Waals surface area contributed by atoms with Crippen molar-refractivity contribution in [1.29, 1.82) is 0 Å². The Bertz CT molecular complexity index is 1600. The van der Waals surface area contributed by atoms with E-state index in [1.54, 1.807) is 54.7 Å². The van der Waals surface area contributed by atoms with Crippen LogP contribution >= 0.6 is 11.6 Å². The van der Waals surface area contributed by atoms with Gasteiger partial charge in [0.05, 0.1) is 5.52 Å². The van der Waals surface area contributed by atoms with Gasteiger partial charge in [0.1, 0.15) is 29.8 Å². The number of nitrogens with one attached hydrogen (secondary N) is 1. The average molecular weight is 560 g/mol. The molecule has 11 nitrogen and oxygen atoms in total. The number of anilines is 1. The number of ketones is 1. The number of carbonyl (C=O) groups is 4.